The van der Waals surface area contributed by atoms with E-state index in [2.05, 4.69) is 0 Å². The van der Waals surface area contributed by atoms with Crippen molar-refractivity contribution in [1.29, 1.82) is 0 Å². The Balaban J connectivity index is 2.32. The zero-order chi connectivity index (χ0) is 15.0. The maximum absolute atomic E-state index is 12.5. The van der Waals surface area contributed by atoms with Crippen LogP contribution in [0.25, 0.3) is 21.9 Å². The molecule has 0 saturated carbocycles. The fourth-order valence-corrected chi connectivity index (χ4v) is 2.24. The van der Waals surface area contributed by atoms with E-state index >= 15 is 0 Å². The van der Waals surface area contributed by atoms with Crippen LogP contribution in [0, 0.1) is 0 Å². The number of nitrogens with two attached hydrogens (primary N) is 1. The lowest BCUT2D eigenvalue weighted by molar-refractivity contribution is 0.100. The topological polar surface area (TPSA) is 82.5 Å². The molecule has 0 aliphatic carbocycles. The van der Waals surface area contributed by atoms with E-state index in [1.807, 2.05) is 6.92 Å². The van der Waals surface area contributed by atoms with Gasteiger partial charge in [-0.2, -0.15) is 0 Å². The Kier molecular flexibility index (Phi) is 3.10. The molecule has 1 amide bonds. The summed E-state index contributed by atoms with van der Waals surface area (Å²) in [5.74, 6) is 0.0525. The van der Waals surface area contributed by atoms with Gasteiger partial charge in [-0.25, -0.2) is 0 Å². The molecule has 5 heteroatoms. The van der Waals surface area contributed by atoms with Crippen LogP contribution in [-0.4, -0.2) is 12.5 Å². The van der Waals surface area contributed by atoms with Crippen LogP contribution in [0.3, 0.4) is 0 Å². The maximum Gasteiger partial charge on any atom is 0.248 e. The molecular formula is C16H13NO4. The minimum atomic E-state index is -0.564. The van der Waals surface area contributed by atoms with Crippen LogP contribution < -0.4 is 15.9 Å². The molecule has 0 aliphatic rings. The molecule has 0 fully saturated rings. The third-order valence-electron chi connectivity index (χ3n) is 3.24. The molecule has 3 rings (SSSR count). The molecule has 2 N–H and O–H groups in total. The molecule has 5 nitrogen and oxygen atoms in total. The Morgan fingerprint density at radius 2 is 1.95 bits per heavy atom. The lowest BCUT2D eigenvalue weighted by Crippen LogP contribution is -2.11. The molecule has 0 unspecified atom stereocenters. The fourth-order valence-electron chi connectivity index (χ4n) is 2.24. The first-order valence-corrected chi connectivity index (χ1v) is 6.53. The fraction of sp³-hybridized carbons (Fsp3) is 0.125. The number of hydrogen-bond acceptors (Lipinski definition) is 4. The first-order valence-electron chi connectivity index (χ1n) is 6.53. The van der Waals surface area contributed by atoms with E-state index in [9.17, 15) is 9.59 Å². The summed E-state index contributed by atoms with van der Waals surface area (Å²) in [6.45, 7) is 2.39. The quantitative estimate of drug-likeness (QED) is 0.748. The van der Waals surface area contributed by atoms with Crippen LogP contribution in [0.5, 0.6) is 5.75 Å². The van der Waals surface area contributed by atoms with E-state index < -0.39 is 5.91 Å². The highest BCUT2D eigenvalue weighted by atomic mass is 16.5. The van der Waals surface area contributed by atoms with E-state index in [1.165, 1.54) is 12.1 Å². The second-order valence-corrected chi connectivity index (χ2v) is 4.60. The first kappa shape index (κ1) is 13.2. The lowest BCUT2D eigenvalue weighted by Gasteiger charge is -2.06. The second kappa shape index (κ2) is 4.94. The molecule has 0 spiro atoms. The molecule has 0 radical (unpaired) electrons. The number of fused-ring (bicyclic) bond motifs is 2. The Bertz CT molecular complexity index is 911. The third-order valence-corrected chi connectivity index (χ3v) is 3.24. The zero-order valence-electron chi connectivity index (χ0n) is 11.4. The van der Waals surface area contributed by atoms with Gasteiger partial charge in [-0.1, -0.05) is 0 Å². The standard InChI is InChI=1S/C16H13NO4/c1-2-20-10-4-6-13-12(8-10)15(18)11-5-3-9(16(17)19)7-14(11)21-13/h3-8H,2H2,1H3,(H2,17,19). The van der Waals surface area contributed by atoms with E-state index in [1.54, 1.807) is 24.3 Å². The van der Waals surface area contributed by atoms with Crippen molar-refractivity contribution in [1.82, 2.24) is 0 Å². The van der Waals surface area contributed by atoms with E-state index in [4.69, 9.17) is 14.9 Å². The summed E-state index contributed by atoms with van der Waals surface area (Å²) in [6.07, 6.45) is 0. The van der Waals surface area contributed by atoms with E-state index in [-0.39, 0.29) is 5.43 Å². The number of carbonyl (C=O) groups excluding carboxylic acids is 1. The van der Waals surface area contributed by atoms with Crippen molar-refractivity contribution in [3.8, 4) is 5.75 Å². The van der Waals surface area contributed by atoms with Gasteiger partial charge in [0.2, 0.25) is 11.3 Å². The van der Waals surface area contributed by atoms with Crippen LogP contribution in [0.15, 0.2) is 45.6 Å². The van der Waals surface area contributed by atoms with Gasteiger partial charge in [0.15, 0.2) is 0 Å². The number of rotatable bonds is 3. The molecule has 0 saturated heterocycles. The van der Waals surface area contributed by atoms with Gasteiger partial charge in [0.05, 0.1) is 17.4 Å². The number of ether oxygens (including phenoxy) is 1. The highest BCUT2D eigenvalue weighted by Crippen LogP contribution is 2.23. The average molecular weight is 283 g/mol. The van der Waals surface area contributed by atoms with E-state index in [0.717, 1.165) is 0 Å². The van der Waals surface area contributed by atoms with Crippen molar-refractivity contribution in [2.75, 3.05) is 6.61 Å². The lowest BCUT2D eigenvalue weighted by atomic mass is 10.1. The first-order chi connectivity index (χ1) is 10.1. The summed E-state index contributed by atoms with van der Waals surface area (Å²) < 4.78 is 11.1. The summed E-state index contributed by atoms with van der Waals surface area (Å²) in [5, 5.41) is 0.849. The molecule has 3 aromatic rings. The van der Waals surface area contributed by atoms with Gasteiger partial charge in [0, 0.05) is 5.56 Å². The Hall–Kier alpha value is -2.82. The molecular weight excluding hydrogens is 270 g/mol. The molecule has 0 bridgehead atoms. The maximum atomic E-state index is 12.5. The zero-order valence-corrected chi connectivity index (χ0v) is 11.4. The number of hydrogen-bond donors (Lipinski definition) is 1. The molecule has 0 atom stereocenters. The Labute approximate surface area is 119 Å². The Morgan fingerprint density at radius 3 is 2.67 bits per heavy atom. The van der Waals surface area contributed by atoms with Gasteiger partial charge in [-0.15, -0.1) is 0 Å². The smallest absolute Gasteiger partial charge is 0.248 e. The van der Waals surface area contributed by atoms with Crippen LogP contribution in [0.2, 0.25) is 0 Å². The van der Waals surface area contributed by atoms with Crippen molar-refractivity contribution in [3.05, 3.63) is 52.2 Å². The highest BCUT2D eigenvalue weighted by molar-refractivity contribution is 5.98. The summed E-state index contributed by atoms with van der Waals surface area (Å²) in [5.41, 5.74) is 6.15. The minimum absolute atomic E-state index is 0.163. The van der Waals surface area contributed by atoms with E-state index in [0.29, 0.717) is 39.9 Å². The second-order valence-electron chi connectivity index (χ2n) is 4.60. The van der Waals surface area contributed by atoms with Gasteiger partial charge in [-0.05, 0) is 43.3 Å². The highest BCUT2D eigenvalue weighted by Gasteiger charge is 2.11. The van der Waals surface area contributed by atoms with Gasteiger partial charge in [0.1, 0.15) is 16.9 Å². The molecule has 21 heavy (non-hydrogen) atoms. The molecule has 2 aromatic carbocycles. The van der Waals surface area contributed by atoms with Crippen molar-refractivity contribution in [2.24, 2.45) is 5.73 Å². The van der Waals surface area contributed by atoms with Gasteiger partial charge in [-0.3, -0.25) is 9.59 Å². The predicted octanol–water partition coefficient (Wildman–Crippen LogP) is 2.44. The van der Waals surface area contributed by atoms with Gasteiger partial charge < -0.3 is 14.9 Å². The van der Waals surface area contributed by atoms with Crippen molar-refractivity contribution >= 4 is 27.8 Å². The number of amides is 1. The minimum Gasteiger partial charge on any atom is -0.494 e. The number of primary amides is 1. The van der Waals surface area contributed by atoms with Crippen LogP contribution in [0.1, 0.15) is 17.3 Å². The van der Waals surface area contributed by atoms with Crippen molar-refractivity contribution in [3.63, 3.8) is 0 Å². The third kappa shape index (κ3) is 2.23. The van der Waals surface area contributed by atoms with Crippen LogP contribution in [0.4, 0.5) is 0 Å². The summed E-state index contributed by atoms with van der Waals surface area (Å²) in [7, 11) is 0. The van der Waals surface area contributed by atoms with Crippen LogP contribution >= 0.6 is 0 Å². The molecule has 1 aromatic heterocycles. The SMILES string of the molecule is CCOc1ccc2oc3cc(C(N)=O)ccc3c(=O)c2c1. The van der Waals surface area contributed by atoms with Gasteiger partial charge >= 0.3 is 0 Å². The largest absolute Gasteiger partial charge is 0.494 e. The molecule has 106 valence electrons. The molecule has 1 heterocycles. The normalized spacial score (nSPS) is 10.9. The average Bonchev–Trinajstić information content (AvgIpc) is 2.48. The monoisotopic (exact) mass is 283 g/mol. The number of carbonyl (C=O) groups is 1. The predicted molar refractivity (Wildman–Crippen MR) is 79.7 cm³/mol. The molecule has 0 aliphatic heterocycles. The van der Waals surface area contributed by atoms with Crippen molar-refractivity contribution in [2.45, 2.75) is 6.92 Å². The summed E-state index contributed by atoms with van der Waals surface area (Å²) in [6, 6.07) is 9.62. The Morgan fingerprint density at radius 1 is 1.14 bits per heavy atom. The van der Waals surface area contributed by atoms with Crippen molar-refractivity contribution < 1.29 is 13.9 Å². The number of benzene rings is 2. The van der Waals surface area contributed by atoms with Gasteiger partial charge in [0.25, 0.3) is 0 Å². The summed E-state index contributed by atoms with van der Waals surface area (Å²) >= 11 is 0. The van der Waals surface area contributed by atoms with Crippen LogP contribution in [-0.2, 0) is 0 Å². The summed E-state index contributed by atoms with van der Waals surface area (Å²) in [4.78, 5) is 23.7.